The highest BCUT2D eigenvalue weighted by atomic mass is 127. The van der Waals surface area contributed by atoms with E-state index in [0.717, 1.165) is 31.2 Å². The molecule has 0 aliphatic carbocycles. The van der Waals surface area contributed by atoms with Crippen LogP contribution in [0.4, 0.5) is 8.78 Å². The zero-order valence-electron chi connectivity index (χ0n) is 16.4. The molecule has 5 nitrogen and oxygen atoms in total. The number of halogens is 3. The van der Waals surface area contributed by atoms with Gasteiger partial charge in [0.15, 0.2) is 5.96 Å². The van der Waals surface area contributed by atoms with Crippen molar-refractivity contribution >= 4 is 29.9 Å². The van der Waals surface area contributed by atoms with Crippen molar-refractivity contribution in [3.05, 3.63) is 29.8 Å². The first-order valence-corrected chi connectivity index (χ1v) is 9.21. The van der Waals surface area contributed by atoms with E-state index in [2.05, 4.69) is 46.0 Å². The monoisotopic (exact) mass is 496 g/mol. The van der Waals surface area contributed by atoms with E-state index < -0.39 is 6.61 Å². The molecule has 0 saturated carbocycles. The minimum Gasteiger partial charge on any atom is -0.435 e. The van der Waals surface area contributed by atoms with Gasteiger partial charge in [0, 0.05) is 31.7 Å². The van der Waals surface area contributed by atoms with Crippen LogP contribution in [0.1, 0.15) is 33.3 Å². The highest BCUT2D eigenvalue weighted by molar-refractivity contribution is 14.0. The number of alkyl halides is 2. The molecule has 1 aliphatic heterocycles. The quantitative estimate of drug-likeness (QED) is 0.344. The molecule has 1 aliphatic rings. The first-order chi connectivity index (χ1) is 12.4. The van der Waals surface area contributed by atoms with Crippen molar-refractivity contribution in [1.29, 1.82) is 0 Å². The number of likely N-dealkylation sites (tertiary alicyclic amines) is 1. The third kappa shape index (κ3) is 7.77. The number of aliphatic imine (C=N–C) groups is 1. The number of rotatable bonds is 7. The van der Waals surface area contributed by atoms with Crippen molar-refractivity contribution in [3.8, 4) is 5.75 Å². The summed E-state index contributed by atoms with van der Waals surface area (Å²) >= 11 is 0. The summed E-state index contributed by atoms with van der Waals surface area (Å²) in [4.78, 5) is 7.06. The van der Waals surface area contributed by atoms with Gasteiger partial charge in [-0.05, 0) is 44.4 Å². The molecule has 154 valence electrons. The predicted octanol–water partition coefficient (Wildman–Crippen LogP) is 3.69. The maximum absolute atomic E-state index is 12.3. The highest BCUT2D eigenvalue weighted by Gasteiger charge is 2.31. The van der Waals surface area contributed by atoms with E-state index in [4.69, 9.17) is 0 Å². The fourth-order valence-corrected chi connectivity index (χ4v) is 3.10. The van der Waals surface area contributed by atoms with Crippen molar-refractivity contribution in [3.63, 3.8) is 0 Å². The Labute approximate surface area is 178 Å². The zero-order valence-corrected chi connectivity index (χ0v) is 18.7. The largest absolute Gasteiger partial charge is 0.435 e. The fraction of sp³-hybridized carbons (Fsp3) is 0.632. The van der Waals surface area contributed by atoms with E-state index in [-0.39, 0.29) is 29.7 Å². The van der Waals surface area contributed by atoms with Gasteiger partial charge in [0.25, 0.3) is 0 Å². The summed E-state index contributed by atoms with van der Waals surface area (Å²) in [7, 11) is 0. The second kappa shape index (κ2) is 11.6. The second-order valence-electron chi connectivity index (χ2n) is 7.00. The Hall–Kier alpha value is -1.16. The molecule has 1 saturated heterocycles. The molecule has 0 bridgehead atoms. The zero-order chi connectivity index (χ0) is 19.1. The molecular weight excluding hydrogens is 465 g/mol. The topological polar surface area (TPSA) is 48.9 Å². The van der Waals surface area contributed by atoms with Crippen LogP contribution in [0, 0.1) is 5.92 Å². The lowest BCUT2D eigenvalue weighted by atomic mass is 10.1. The number of hydrogen-bond acceptors (Lipinski definition) is 3. The standard InChI is InChI=1S/C19H30F2N4O.HI/c1-5-22-19(24-17-12-25(13(2)3)11-14(17)4)23-10-15-7-6-8-16(9-15)26-18(20)21;/h6-9,13-14,17-18H,5,10-12H2,1-4H3,(H2,22,23,24);1H. The van der Waals surface area contributed by atoms with Gasteiger partial charge in [0.2, 0.25) is 0 Å². The minimum absolute atomic E-state index is 0. The van der Waals surface area contributed by atoms with E-state index in [0.29, 0.717) is 24.5 Å². The molecule has 1 fully saturated rings. The molecule has 1 aromatic rings. The van der Waals surface area contributed by atoms with Crippen LogP contribution in [0.25, 0.3) is 0 Å². The maximum Gasteiger partial charge on any atom is 0.387 e. The summed E-state index contributed by atoms with van der Waals surface area (Å²) in [6.45, 7) is 9.08. The Morgan fingerprint density at radius 3 is 2.67 bits per heavy atom. The van der Waals surface area contributed by atoms with Gasteiger partial charge in [-0.2, -0.15) is 8.78 Å². The van der Waals surface area contributed by atoms with Crippen molar-refractivity contribution in [1.82, 2.24) is 15.5 Å². The van der Waals surface area contributed by atoms with Crippen molar-refractivity contribution < 1.29 is 13.5 Å². The van der Waals surface area contributed by atoms with E-state index in [1.165, 1.54) is 6.07 Å². The Morgan fingerprint density at radius 1 is 1.33 bits per heavy atom. The summed E-state index contributed by atoms with van der Waals surface area (Å²) in [6.07, 6.45) is 0. The lowest BCUT2D eigenvalue weighted by Gasteiger charge is -2.22. The number of guanidine groups is 1. The summed E-state index contributed by atoms with van der Waals surface area (Å²) in [6, 6.07) is 7.53. The van der Waals surface area contributed by atoms with E-state index in [1.807, 2.05) is 13.0 Å². The van der Waals surface area contributed by atoms with Gasteiger partial charge in [-0.3, -0.25) is 4.90 Å². The Bertz CT molecular complexity index is 601. The van der Waals surface area contributed by atoms with Gasteiger partial charge in [0.1, 0.15) is 5.75 Å². The third-order valence-electron chi connectivity index (χ3n) is 4.58. The molecule has 2 atom stereocenters. The van der Waals surface area contributed by atoms with Crippen LogP contribution in [0.5, 0.6) is 5.75 Å². The van der Waals surface area contributed by atoms with E-state index >= 15 is 0 Å². The van der Waals surface area contributed by atoms with Crippen LogP contribution in [-0.2, 0) is 6.54 Å². The van der Waals surface area contributed by atoms with Crippen LogP contribution in [0.3, 0.4) is 0 Å². The van der Waals surface area contributed by atoms with Crippen molar-refractivity contribution in [2.45, 2.75) is 52.9 Å². The molecule has 1 aromatic carbocycles. The number of ether oxygens (including phenoxy) is 1. The van der Waals surface area contributed by atoms with Crippen LogP contribution < -0.4 is 15.4 Å². The Morgan fingerprint density at radius 2 is 2.07 bits per heavy atom. The number of nitrogens with zero attached hydrogens (tertiary/aromatic N) is 2. The second-order valence-corrected chi connectivity index (χ2v) is 7.00. The normalized spacial score (nSPS) is 20.7. The molecule has 2 N–H and O–H groups in total. The molecule has 0 amide bonds. The number of benzene rings is 1. The van der Waals surface area contributed by atoms with Crippen LogP contribution in [-0.4, -0.2) is 49.2 Å². The lowest BCUT2D eigenvalue weighted by molar-refractivity contribution is -0.0498. The molecule has 1 heterocycles. The fourth-order valence-electron chi connectivity index (χ4n) is 3.10. The van der Waals surface area contributed by atoms with E-state index in [9.17, 15) is 8.78 Å². The summed E-state index contributed by atoms with van der Waals surface area (Å²) in [5, 5.41) is 6.77. The van der Waals surface area contributed by atoms with Gasteiger partial charge >= 0.3 is 6.61 Å². The molecule has 8 heteroatoms. The predicted molar refractivity (Wildman–Crippen MR) is 116 cm³/mol. The summed E-state index contributed by atoms with van der Waals surface area (Å²) in [5.74, 6) is 1.43. The van der Waals surface area contributed by atoms with E-state index in [1.54, 1.807) is 12.1 Å². The lowest BCUT2D eigenvalue weighted by Crippen LogP contribution is -2.46. The first-order valence-electron chi connectivity index (χ1n) is 9.21. The van der Waals surface area contributed by atoms with Gasteiger partial charge in [0.05, 0.1) is 6.54 Å². The Kier molecular flexibility index (Phi) is 10.3. The van der Waals surface area contributed by atoms with Gasteiger partial charge in [-0.15, -0.1) is 24.0 Å². The Balaban J connectivity index is 0.00000364. The van der Waals surface area contributed by atoms with Crippen LogP contribution in [0.2, 0.25) is 0 Å². The highest BCUT2D eigenvalue weighted by Crippen LogP contribution is 2.19. The van der Waals surface area contributed by atoms with Gasteiger partial charge in [-0.1, -0.05) is 19.1 Å². The minimum atomic E-state index is -2.82. The average molecular weight is 496 g/mol. The molecular formula is C19H31F2IN4O. The SMILES string of the molecule is CCNC(=NCc1cccc(OC(F)F)c1)NC1CN(C(C)C)CC1C.I. The number of hydrogen-bond donors (Lipinski definition) is 2. The third-order valence-corrected chi connectivity index (χ3v) is 4.58. The molecule has 0 aromatic heterocycles. The first kappa shape index (κ1) is 23.9. The number of nitrogens with one attached hydrogen (secondary N) is 2. The smallest absolute Gasteiger partial charge is 0.387 e. The molecule has 0 spiro atoms. The van der Waals surface area contributed by atoms with Gasteiger partial charge < -0.3 is 15.4 Å². The summed E-state index contributed by atoms with van der Waals surface area (Å²) in [5.41, 5.74) is 0.823. The molecule has 2 unspecified atom stereocenters. The molecule has 2 rings (SSSR count). The molecule has 0 radical (unpaired) electrons. The van der Waals surface area contributed by atoms with Crippen LogP contribution in [0.15, 0.2) is 29.3 Å². The molecule has 27 heavy (non-hydrogen) atoms. The summed E-state index contributed by atoms with van der Waals surface area (Å²) < 4.78 is 29.1. The van der Waals surface area contributed by atoms with Crippen molar-refractivity contribution in [2.24, 2.45) is 10.9 Å². The van der Waals surface area contributed by atoms with Crippen LogP contribution >= 0.6 is 24.0 Å². The average Bonchev–Trinajstić information content (AvgIpc) is 2.94. The maximum atomic E-state index is 12.3. The van der Waals surface area contributed by atoms with Gasteiger partial charge in [-0.25, -0.2) is 4.99 Å². The van der Waals surface area contributed by atoms with Crippen molar-refractivity contribution in [2.75, 3.05) is 19.6 Å².